The van der Waals surface area contributed by atoms with Crippen molar-refractivity contribution >= 4 is 0 Å². The summed E-state index contributed by atoms with van der Waals surface area (Å²) in [5.74, 6) is 0.957. The number of nitrogens with two attached hydrogens (primary N) is 1. The molecule has 0 spiro atoms. The molecule has 2 N–H and O–H groups in total. The molecule has 2 heteroatoms. The monoisotopic (exact) mass is 205 g/mol. The van der Waals surface area contributed by atoms with E-state index in [-0.39, 0.29) is 11.5 Å². The van der Waals surface area contributed by atoms with E-state index in [9.17, 15) is 0 Å². The largest absolute Gasteiger partial charge is 0.494 e. The summed E-state index contributed by atoms with van der Waals surface area (Å²) < 4.78 is 5.52. The third-order valence-electron chi connectivity index (χ3n) is 3.45. The lowest BCUT2D eigenvalue weighted by Gasteiger charge is -2.25. The van der Waals surface area contributed by atoms with Gasteiger partial charge in [-0.2, -0.15) is 0 Å². The highest BCUT2D eigenvalue weighted by Gasteiger charge is 2.37. The lowest BCUT2D eigenvalue weighted by molar-refractivity contribution is 0.339. The number of hydrogen-bond donors (Lipinski definition) is 1. The molecule has 0 heterocycles. The van der Waals surface area contributed by atoms with Gasteiger partial charge >= 0.3 is 0 Å². The maximum atomic E-state index is 6.15. The van der Waals surface area contributed by atoms with Crippen molar-refractivity contribution in [2.75, 3.05) is 6.61 Å². The molecule has 0 saturated carbocycles. The Bertz CT molecular complexity index is 371. The minimum Gasteiger partial charge on any atom is -0.494 e. The van der Waals surface area contributed by atoms with Gasteiger partial charge in [-0.1, -0.05) is 19.9 Å². The fourth-order valence-corrected chi connectivity index (χ4v) is 2.28. The first-order chi connectivity index (χ1) is 7.05. The summed E-state index contributed by atoms with van der Waals surface area (Å²) in [5, 5.41) is 0. The van der Waals surface area contributed by atoms with Gasteiger partial charge in [-0.25, -0.2) is 0 Å². The molecule has 0 aliphatic heterocycles. The van der Waals surface area contributed by atoms with Gasteiger partial charge in [0, 0.05) is 11.5 Å². The van der Waals surface area contributed by atoms with Gasteiger partial charge in [0.05, 0.1) is 6.61 Å². The zero-order chi connectivity index (χ0) is 11.1. The Kier molecular flexibility index (Phi) is 2.47. The molecule has 0 saturated heterocycles. The van der Waals surface area contributed by atoms with Crippen molar-refractivity contribution in [3.8, 4) is 5.75 Å². The van der Waals surface area contributed by atoms with Crippen LogP contribution in [-0.4, -0.2) is 12.6 Å². The smallest absolute Gasteiger partial charge is 0.119 e. The Morgan fingerprint density at radius 2 is 2.20 bits per heavy atom. The molecular formula is C13H19NO. The second-order valence-corrected chi connectivity index (χ2v) is 4.78. The van der Waals surface area contributed by atoms with Crippen LogP contribution in [0.15, 0.2) is 18.2 Å². The lowest BCUT2D eigenvalue weighted by Crippen LogP contribution is -2.36. The van der Waals surface area contributed by atoms with Crippen LogP contribution in [-0.2, 0) is 11.8 Å². The summed E-state index contributed by atoms with van der Waals surface area (Å²) >= 11 is 0. The van der Waals surface area contributed by atoms with E-state index >= 15 is 0 Å². The van der Waals surface area contributed by atoms with Crippen molar-refractivity contribution in [1.29, 1.82) is 0 Å². The van der Waals surface area contributed by atoms with Crippen LogP contribution >= 0.6 is 0 Å². The maximum absolute atomic E-state index is 6.15. The second kappa shape index (κ2) is 3.53. The number of ether oxygens (including phenoxy) is 1. The molecular weight excluding hydrogens is 186 g/mol. The van der Waals surface area contributed by atoms with Crippen LogP contribution in [0.2, 0.25) is 0 Å². The van der Waals surface area contributed by atoms with Gasteiger partial charge in [0.25, 0.3) is 0 Å². The third kappa shape index (κ3) is 1.63. The molecule has 0 amide bonds. The van der Waals surface area contributed by atoms with Crippen LogP contribution in [0.25, 0.3) is 0 Å². The minimum absolute atomic E-state index is 0.0719. The van der Waals surface area contributed by atoms with Crippen molar-refractivity contribution in [1.82, 2.24) is 0 Å². The van der Waals surface area contributed by atoms with Gasteiger partial charge in [-0.15, -0.1) is 0 Å². The first-order valence-electron chi connectivity index (χ1n) is 5.57. The quantitative estimate of drug-likeness (QED) is 0.803. The molecule has 2 rings (SSSR count). The Balaban J connectivity index is 2.41. The topological polar surface area (TPSA) is 35.2 Å². The molecule has 2 nitrogen and oxygen atoms in total. The third-order valence-corrected chi connectivity index (χ3v) is 3.45. The molecule has 82 valence electrons. The highest BCUT2D eigenvalue weighted by atomic mass is 16.5. The van der Waals surface area contributed by atoms with E-state index < -0.39 is 0 Å². The average molecular weight is 205 g/mol. The summed E-state index contributed by atoms with van der Waals surface area (Å²) in [6.07, 6.45) is 0.981. The van der Waals surface area contributed by atoms with Gasteiger partial charge in [0.2, 0.25) is 0 Å². The highest BCUT2D eigenvalue weighted by Crippen LogP contribution is 2.39. The van der Waals surface area contributed by atoms with E-state index in [0.29, 0.717) is 6.61 Å². The summed E-state index contributed by atoms with van der Waals surface area (Å²) in [6, 6.07) is 6.56. The number of hydrogen-bond acceptors (Lipinski definition) is 2. The van der Waals surface area contributed by atoms with Crippen molar-refractivity contribution in [3.05, 3.63) is 29.3 Å². The van der Waals surface area contributed by atoms with E-state index in [1.165, 1.54) is 11.1 Å². The molecule has 0 radical (unpaired) electrons. The van der Waals surface area contributed by atoms with Gasteiger partial charge in [-0.05, 0) is 36.6 Å². The van der Waals surface area contributed by atoms with Gasteiger partial charge in [0.15, 0.2) is 0 Å². The molecule has 0 aromatic heterocycles. The molecule has 1 atom stereocenters. The first kappa shape index (κ1) is 10.5. The number of benzene rings is 1. The summed E-state index contributed by atoms with van der Waals surface area (Å²) in [5.41, 5.74) is 8.94. The fourth-order valence-electron chi connectivity index (χ4n) is 2.28. The fraction of sp³-hybridized carbons (Fsp3) is 0.538. The average Bonchev–Trinajstić information content (AvgIpc) is 2.40. The van der Waals surface area contributed by atoms with Crippen LogP contribution in [0.3, 0.4) is 0 Å². The highest BCUT2D eigenvalue weighted by molar-refractivity contribution is 5.45. The Labute approximate surface area is 91.4 Å². The molecule has 1 aromatic rings. The number of rotatable bonds is 2. The van der Waals surface area contributed by atoms with Crippen LogP contribution in [0.1, 0.15) is 31.9 Å². The molecule has 15 heavy (non-hydrogen) atoms. The van der Waals surface area contributed by atoms with Crippen LogP contribution in [0, 0.1) is 0 Å². The second-order valence-electron chi connectivity index (χ2n) is 4.78. The number of fused-ring (bicyclic) bond motifs is 1. The molecule has 1 unspecified atom stereocenters. The van der Waals surface area contributed by atoms with Crippen molar-refractivity contribution in [2.24, 2.45) is 5.73 Å². The first-order valence-corrected chi connectivity index (χ1v) is 5.57. The molecule has 0 fully saturated rings. The van der Waals surface area contributed by atoms with E-state index in [1.807, 2.05) is 13.0 Å². The summed E-state index contributed by atoms with van der Waals surface area (Å²) in [7, 11) is 0. The van der Waals surface area contributed by atoms with Crippen molar-refractivity contribution < 1.29 is 4.74 Å². The standard InChI is InChI=1S/C13H19NO/c1-4-15-10-6-5-9-7-12(14)13(2,3)11(9)8-10/h5-6,8,12H,4,7,14H2,1-3H3. The maximum Gasteiger partial charge on any atom is 0.119 e. The molecule has 0 bridgehead atoms. The van der Waals surface area contributed by atoms with Gasteiger partial charge < -0.3 is 10.5 Å². The van der Waals surface area contributed by atoms with Crippen molar-refractivity contribution in [3.63, 3.8) is 0 Å². The summed E-state index contributed by atoms with van der Waals surface area (Å²) in [6.45, 7) is 7.13. The molecule has 1 aliphatic rings. The van der Waals surface area contributed by atoms with Gasteiger partial charge in [0.1, 0.15) is 5.75 Å². The molecule has 1 aliphatic carbocycles. The Morgan fingerprint density at radius 3 is 2.87 bits per heavy atom. The van der Waals surface area contributed by atoms with E-state index in [0.717, 1.165) is 12.2 Å². The zero-order valence-electron chi connectivity index (χ0n) is 9.71. The normalized spacial score (nSPS) is 22.5. The van der Waals surface area contributed by atoms with Crippen molar-refractivity contribution in [2.45, 2.75) is 38.6 Å². The minimum atomic E-state index is 0.0719. The molecule has 1 aromatic carbocycles. The summed E-state index contributed by atoms with van der Waals surface area (Å²) in [4.78, 5) is 0. The Hall–Kier alpha value is -1.02. The van der Waals surface area contributed by atoms with Crippen LogP contribution < -0.4 is 10.5 Å². The van der Waals surface area contributed by atoms with Gasteiger partial charge in [-0.3, -0.25) is 0 Å². The van der Waals surface area contributed by atoms with E-state index in [4.69, 9.17) is 10.5 Å². The Morgan fingerprint density at radius 1 is 1.47 bits per heavy atom. The van der Waals surface area contributed by atoms with E-state index in [2.05, 4.69) is 26.0 Å². The lowest BCUT2D eigenvalue weighted by atomic mass is 9.83. The zero-order valence-corrected chi connectivity index (χ0v) is 9.71. The van der Waals surface area contributed by atoms with Crippen LogP contribution in [0.5, 0.6) is 5.75 Å². The predicted octanol–water partition coefficient (Wildman–Crippen LogP) is 2.25. The van der Waals surface area contributed by atoms with E-state index in [1.54, 1.807) is 0 Å². The van der Waals surface area contributed by atoms with Crippen LogP contribution in [0.4, 0.5) is 0 Å². The predicted molar refractivity (Wildman–Crippen MR) is 62.3 cm³/mol. The SMILES string of the molecule is CCOc1ccc2c(c1)C(C)(C)C(N)C2.